The van der Waals surface area contributed by atoms with E-state index in [1.54, 1.807) is 31.4 Å². The Hall–Kier alpha value is -3.11. The molecule has 204 valence electrons. The predicted molar refractivity (Wildman–Crippen MR) is 137 cm³/mol. The lowest BCUT2D eigenvalue weighted by Crippen LogP contribution is -2.39. The second-order valence-electron chi connectivity index (χ2n) is 9.70. The molecule has 2 aromatic heterocycles. The third-order valence-corrected chi connectivity index (χ3v) is 6.36. The van der Waals surface area contributed by atoms with Crippen molar-refractivity contribution in [1.82, 2.24) is 14.7 Å². The third kappa shape index (κ3) is 5.96. The number of hydrogen-bond acceptors (Lipinski definition) is 4. The summed E-state index contributed by atoms with van der Waals surface area (Å²) in [5.74, 6) is -2.37. The van der Waals surface area contributed by atoms with Crippen LogP contribution >= 0.6 is 0 Å². The number of fused-ring (bicyclic) bond motifs is 1. The van der Waals surface area contributed by atoms with Gasteiger partial charge in [-0.25, -0.2) is 18.8 Å². The number of aryl methyl sites for hydroxylation is 1. The number of rotatable bonds is 7. The SMILES string of the molecule is CC/C=C(\N=C(c1cc(F)c(-c2nc3cc(C)ccn3c2C[C@H]2CNCCO2)c(F)c1)C(C)C)C(F)(F)F. The zero-order valence-electron chi connectivity index (χ0n) is 21.8. The minimum Gasteiger partial charge on any atom is -0.375 e. The maximum Gasteiger partial charge on any atom is 0.433 e. The van der Waals surface area contributed by atoms with Gasteiger partial charge in [0, 0.05) is 31.3 Å². The van der Waals surface area contributed by atoms with Gasteiger partial charge in [-0.15, -0.1) is 0 Å². The number of morpholine rings is 1. The lowest BCUT2D eigenvalue weighted by atomic mass is 9.96. The van der Waals surface area contributed by atoms with E-state index in [1.807, 2.05) is 19.1 Å². The van der Waals surface area contributed by atoms with Gasteiger partial charge in [-0.2, -0.15) is 13.2 Å². The van der Waals surface area contributed by atoms with E-state index in [0.29, 0.717) is 30.9 Å². The van der Waals surface area contributed by atoms with Gasteiger partial charge >= 0.3 is 6.18 Å². The van der Waals surface area contributed by atoms with Crippen molar-refractivity contribution in [1.29, 1.82) is 0 Å². The number of hydrogen-bond donors (Lipinski definition) is 1. The standard InChI is InChI=1S/C28H31F5N4O/c1-5-6-23(28(31,32)33)35-26(16(2)3)18-12-20(29)25(21(30)13-18)27-22(14-19-15-34-8-10-38-19)37-9-7-17(4)11-24(37)36-27/h6-7,9,11-13,16,19,34H,5,8,10,14-15H2,1-4H3/b23-6-,35-26?/t19-/m0/s1. The van der Waals surface area contributed by atoms with Gasteiger partial charge in [0.05, 0.1) is 35.4 Å². The lowest BCUT2D eigenvalue weighted by molar-refractivity contribution is -0.0925. The van der Waals surface area contributed by atoms with Crippen molar-refractivity contribution < 1.29 is 26.7 Å². The van der Waals surface area contributed by atoms with Gasteiger partial charge in [-0.05, 0) is 49.1 Å². The van der Waals surface area contributed by atoms with E-state index in [1.165, 1.54) is 0 Å². The molecule has 0 unspecified atom stereocenters. The molecule has 1 aliphatic heterocycles. The number of ether oxygens (including phenoxy) is 1. The largest absolute Gasteiger partial charge is 0.433 e. The molecule has 4 rings (SSSR count). The first-order chi connectivity index (χ1) is 18.0. The molecule has 1 saturated heterocycles. The van der Waals surface area contributed by atoms with Crippen LogP contribution in [0.2, 0.25) is 0 Å². The molecule has 10 heteroatoms. The Morgan fingerprint density at radius 1 is 1.24 bits per heavy atom. The van der Waals surface area contributed by atoms with Crippen molar-refractivity contribution in [3.8, 4) is 11.3 Å². The van der Waals surface area contributed by atoms with Gasteiger partial charge in [0.15, 0.2) is 0 Å². The summed E-state index contributed by atoms with van der Waals surface area (Å²) in [7, 11) is 0. The Morgan fingerprint density at radius 3 is 2.53 bits per heavy atom. The summed E-state index contributed by atoms with van der Waals surface area (Å²) in [4.78, 5) is 8.37. The predicted octanol–water partition coefficient (Wildman–Crippen LogP) is 6.42. The van der Waals surface area contributed by atoms with E-state index in [9.17, 15) is 13.2 Å². The van der Waals surface area contributed by atoms with E-state index in [-0.39, 0.29) is 35.1 Å². The van der Waals surface area contributed by atoms with Crippen LogP contribution in [0, 0.1) is 24.5 Å². The highest BCUT2D eigenvalue weighted by atomic mass is 19.4. The molecule has 3 heterocycles. The molecule has 3 aromatic rings. The van der Waals surface area contributed by atoms with Crippen LogP contribution in [0.1, 0.15) is 44.0 Å². The third-order valence-electron chi connectivity index (χ3n) is 6.36. The number of aromatic nitrogens is 2. The Kier molecular flexibility index (Phi) is 8.32. The number of halogens is 5. The van der Waals surface area contributed by atoms with Gasteiger partial charge in [0.1, 0.15) is 23.0 Å². The molecule has 5 nitrogen and oxygen atoms in total. The molecule has 0 amide bonds. The molecule has 0 bridgehead atoms. The summed E-state index contributed by atoms with van der Waals surface area (Å²) in [6.45, 7) is 8.55. The van der Waals surface area contributed by atoms with Crippen LogP contribution in [0.15, 0.2) is 47.2 Å². The highest BCUT2D eigenvalue weighted by Gasteiger charge is 2.34. The van der Waals surface area contributed by atoms with Crippen molar-refractivity contribution in [2.75, 3.05) is 19.7 Å². The van der Waals surface area contributed by atoms with Crippen molar-refractivity contribution >= 4 is 11.4 Å². The number of alkyl halides is 3. The summed E-state index contributed by atoms with van der Waals surface area (Å²) < 4.78 is 79.5. The number of allylic oxidation sites excluding steroid dienone is 2. The Labute approximate surface area is 218 Å². The Morgan fingerprint density at radius 2 is 1.95 bits per heavy atom. The molecular formula is C28H31F5N4O. The zero-order valence-corrected chi connectivity index (χ0v) is 21.8. The molecule has 0 aliphatic carbocycles. The smallest absolute Gasteiger partial charge is 0.375 e. The monoisotopic (exact) mass is 534 g/mol. The van der Waals surface area contributed by atoms with Gasteiger partial charge < -0.3 is 14.5 Å². The lowest BCUT2D eigenvalue weighted by Gasteiger charge is -2.24. The van der Waals surface area contributed by atoms with Crippen LogP contribution in [0.3, 0.4) is 0 Å². The molecule has 0 radical (unpaired) electrons. The summed E-state index contributed by atoms with van der Waals surface area (Å²) in [5.41, 5.74) is 0.657. The zero-order chi connectivity index (χ0) is 27.6. The molecule has 1 aromatic carbocycles. The molecular weight excluding hydrogens is 503 g/mol. The minimum atomic E-state index is -4.69. The first-order valence-corrected chi connectivity index (χ1v) is 12.6. The highest BCUT2D eigenvalue weighted by molar-refractivity contribution is 6.03. The quantitative estimate of drug-likeness (QED) is 0.281. The fourth-order valence-electron chi connectivity index (χ4n) is 4.58. The van der Waals surface area contributed by atoms with Crippen LogP contribution in [-0.4, -0.2) is 47.1 Å². The van der Waals surface area contributed by atoms with Crippen LogP contribution in [-0.2, 0) is 11.2 Å². The van der Waals surface area contributed by atoms with Crippen LogP contribution in [0.4, 0.5) is 22.0 Å². The number of nitrogens with one attached hydrogen (secondary N) is 1. The Balaban J connectivity index is 1.84. The summed E-state index contributed by atoms with van der Waals surface area (Å²) in [6.07, 6.45) is -1.66. The topological polar surface area (TPSA) is 50.9 Å². The van der Waals surface area contributed by atoms with Gasteiger partial charge in [0.2, 0.25) is 0 Å². The minimum absolute atomic E-state index is 0.0500. The normalized spacial score (nSPS) is 17.6. The fraction of sp³-hybridized carbons (Fsp3) is 0.429. The summed E-state index contributed by atoms with van der Waals surface area (Å²) in [5, 5.41) is 3.25. The van der Waals surface area contributed by atoms with Crippen molar-refractivity contribution in [2.24, 2.45) is 10.9 Å². The number of nitrogens with zero attached hydrogens (tertiary/aromatic N) is 3. The highest BCUT2D eigenvalue weighted by Crippen LogP contribution is 2.33. The molecule has 1 N–H and O–H groups in total. The first kappa shape index (κ1) is 27.9. The second-order valence-corrected chi connectivity index (χ2v) is 9.70. The van der Waals surface area contributed by atoms with Crippen molar-refractivity contribution in [2.45, 2.75) is 52.8 Å². The van der Waals surface area contributed by atoms with Crippen molar-refractivity contribution in [3.63, 3.8) is 0 Å². The molecule has 1 fully saturated rings. The number of imidazole rings is 1. The summed E-state index contributed by atoms with van der Waals surface area (Å²) in [6, 6.07) is 5.77. The molecule has 38 heavy (non-hydrogen) atoms. The van der Waals surface area contributed by atoms with Gasteiger partial charge in [-0.3, -0.25) is 0 Å². The second kappa shape index (κ2) is 11.3. The van der Waals surface area contributed by atoms with Crippen molar-refractivity contribution in [3.05, 3.63) is 70.7 Å². The average molecular weight is 535 g/mol. The van der Waals surface area contributed by atoms with Crippen LogP contribution < -0.4 is 5.32 Å². The van der Waals surface area contributed by atoms with E-state index in [0.717, 1.165) is 30.3 Å². The molecule has 0 saturated carbocycles. The number of aliphatic imine (C=N–C) groups is 1. The maximum absolute atomic E-state index is 15.7. The molecule has 0 spiro atoms. The Bertz CT molecular complexity index is 1340. The number of benzene rings is 1. The van der Waals surface area contributed by atoms with Crippen LogP contribution in [0.25, 0.3) is 16.9 Å². The van der Waals surface area contributed by atoms with E-state index in [2.05, 4.69) is 15.3 Å². The average Bonchev–Trinajstić information content (AvgIpc) is 3.17. The van der Waals surface area contributed by atoms with Gasteiger partial charge in [0.25, 0.3) is 0 Å². The van der Waals surface area contributed by atoms with Crippen LogP contribution in [0.5, 0.6) is 0 Å². The fourth-order valence-corrected chi connectivity index (χ4v) is 4.58. The maximum atomic E-state index is 15.7. The molecule has 1 atom stereocenters. The van der Waals surface area contributed by atoms with E-state index < -0.39 is 29.4 Å². The van der Waals surface area contributed by atoms with Gasteiger partial charge in [-0.1, -0.05) is 26.8 Å². The molecule has 1 aliphatic rings. The first-order valence-electron chi connectivity index (χ1n) is 12.6. The van der Waals surface area contributed by atoms with E-state index in [4.69, 9.17) is 4.74 Å². The number of pyridine rings is 1. The van der Waals surface area contributed by atoms with E-state index >= 15 is 8.78 Å². The summed E-state index contributed by atoms with van der Waals surface area (Å²) >= 11 is 0.